The molecule has 3 aromatic rings. The molecule has 0 bridgehead atoms. The number of H-pyrrole nitrogens is 1. The maximum absolute atomic E-state index is 13.5. The fourth-order valence-electron chi connectivity index (χ4n) is 3.86. The molecule has 0 fully saturated rings. The smallest absolute Gasteiger partial charge is 0.422 e. The SMILES string of the molecule is CC(C)(C)OC(=O)N[C@@H](CNC(=O)OCc1ccccc1)CN(CCO)C(=O)c1cc2c(OCC(F)(F)F)nccc2[nH]1. The van der Waals surface area contributed by atoms with Crippen LogP contribution >= 0.6 is 0 Å². The largest absolute Gasteiger partial charge is 0.468 e. The number of alkyl halides is 3. The summed E-state index contributed by atoms with van der Waals surface area (Å²) in [5.41, 5.74) is 0.202. The number of rotatable bonds is 12. The average Bonchev–Trinajstić information content (AvgIpc) is 3.37. The molecule has 2 aromatic heterocycles. The normalized spacial score (nSPS) is 12.3. The van der Waals surface area contributed by atoms with E-state index in [-0.39, 0.29) is 43.2 Å². The number of aromatic nitrogens is 2. The van der Waals surface area contributed by atoms with Crippen LogP contribution in [0.5, 0.6) is 5.88 Å². The van der Waals surface area contributed by atoms with Crippen LogP contribution in [0, 0.1) is 0 Å². The van der Waals surface area contributed by atoms with Gasteiger partial charge in [0.1, 0.15) is 17.9 Å². The number of fused-ring (bicyclic) bond motifs is 1. The lowest BCUT2D eigenvalue weighted by atomic mass is 10.2. The van der Waals surface area contributed by atoms with Crippen molar-refractivity contribution >= 4 is 29.0 Å². The Balaban J connectivity index is 1.75. The molecule has 0 unspecified atom stereocenters. The Labute approximate surface area is 245 Å². The summed E-state index contributed by atoms with van der Waals surface area (Å²) >= 11 is 0. The highest BCUT2D eigenvalue weighted by Gasteiger charge is 2.30. The first-order chi connectivity index (χ1) is 20.2. The predicted octanol–water partition coefficient (Wildman–Crippen LogP) is 3.76. The number of hydrogen-bond acceptors (Lipinski definition) is 8. The van der Waals surface area contributed by atoms with E-state index in [1.807, 2.05) is 6.07 Å². The second kappa shape index (κ2) is 14.6. The van der Waals surface area contributed by atoms with Gasteiger partial charge in [0.2, 0.25) is 5.88 Å². The monoisotopic (exact) mass is 609 g/mol. The molecule has 0 aliphatic carbocycles. The molecule has 0 saturated carbocycles. The number of carbonyl (C=O) groups excluding carboxylic acids is 3. The highest BCUT2D eigenvalue weighted by atomic mass is 19.4. The maximum Gasteiger partial charge on any atom is 0.422 e. The van der Waals surface area contributed by atoms with Crippen LogP contribution in [0.3, 0.4) is 0 Å². The second-order valence-electron chi connectivity index (χ2n) is 10.4. The number of nitrogens with zero attached hydrogens (tertiary/aromatic N) is 2. The zero-order valence-corrected chi connectivity index (χ0v) is 23.9. The molecule has 3 rings (SSSR count). The number of carbonyl (C=O) groups is 3. The van der Waals surface area contributed by atoms with Crippen LogP contribution in [0.2, 0.25) is 0 Å². The standard InChI is InChI=1S/C28H34F3N5O7/c1-27(2,3)43-26(40)34-19(14-33-25(39)41-16-18-7-5-4-6-8-18)15-36(11-12-37)24(38)22-13-20-21(35-22)9-10-32-23(20)42-17-28(29,30)31/h4-10,13,19,35,37H,11-12,14-17H2,1-3H3,(H,33,39)(H,34,40)/t19-/m0/s1. The van der Waals surface area contributed by atoms with Gasteiger partial charge in [0.05, 0.1) is 23.6 Å². The minimum absolute atomic E-state index is 0.00979. The van der Waals surface area contributed by atoms with Gasteiger partial charge < -0.3 is 39.8 Å². The van der Waals surface area contributed by atoms with Crippen LogP contribution in [0.15, 0.2) is 48.7 Å². The van der Waals surface area contributed by atoms with Gasteiger partial charge in [-0.15, -0.1) is 0 Å². The van der Waals surface area contributed by atoms with Crippen molar-refractivity contribution in [3.8, 4) is 5.88 Å². The van der Waals surface area contributed by atoms with Gasteiger partial charge in [0.15, 0.2) is 6.61 Å². The van der Waals surface area contributed by atoms with E-state index in [9.17, 15) is 32.7 Å². The van der Waals surface area contributed by atoms with Crippen molar-refractivity contribution in [2.75, 3.05) is 32.8 Å². The van der Waals surface area contributed by atoms with E-state index < -0.39 is 49.1 Å². The number of aliphatic hydroxyl groups is 1. The highest BCUT2D eigenvalue weighted by molar-refractivity contribution is 5.99. The first kappa shape index (κ1) is 33.0. The molecule has 0 saturated heterocycles. The van der Waals surface area contributed by atoms with Crippen molar-refractivity contribution in [1.82, 2.24) is 25.5 Å². The number of amides is 3. The quantitative estimate of drug-likeness (QED) is 0.242. The Morgan fingerprint density at radius 3 is 2.47 bits per heavy atom. The number of aliphatic hydroxyl groups excluding tert-OH is 1. The highest BCUT2D eigenvalue weighted by Crippen LogP contribution is 2.26. The summed E-state index contributed by atoms with van der Waals surface area (Å²) in [4.78, 5) is 46.2. The summed E-state index contributed by atoms with van der Waals surface area (Å²) in [6.07, 6.45) is -4.94. The van der Waals surface area contributed by atoms with Gasteiger partial charge in [0, 0.05) is 25.8 Å². The van der Waals surface area contributed by atoms with Crippen LogP contribution in [-0.2, 0) is 16.1 Å². The molecular weight excluding hydrogens is 575 g/mol. The molecule has 1 atom stereocenters. The van der Waals surface area contributed by atoms with Gasteiger partial charge >= 0.3 is 18.4 Å². The van der Waals surface area contributed by atoms with E-state index in [2.05, 4.69) is 20.6 Å². The number of nitrogens with one attached hydrogen (secondary N) is 3. The van der Waals surface area contributed by atoms with E-state index >= 15 is 0 Å². The Bertz CT molecular complexity index is 1380. The van der Waals surface area contributed by atoms with Crippen LogP contribution in [0.1, 0.15) is 36.8 Å². The Morgan fingerprint density at radius 1 is 1.09 bits per heavy atom. The van der Waals surface area contributed by atoms with Gasteiger partial charge in [-0.05, 0) is 38.5 Å². The third-order valence-corrected chi connectivity index (χ3v) is 5.64. The summed E-state index contributed by atoms with van der Waals surface area (Å²) in [7, 11) is 0. The lowest BCUT2D eigenvalue weighted by Crippen LogP contribution is -2.52. The molecule has 12 nitrogen and oxygen atoms in total. The minimum Gasteiger partial charge on any atom is -0.468 e. The molecule has 3 amide bonds. The van der Waals surface area contributed by atoms with Crippen LogP contribution in [-0.4, -0.2) is 88.7 Å². The minimum atomic E-state index is -4.59. The Hall–Kier alpha value is -4.53. The molecule has 15 heteroatoms. The van der Waals surface area contributed by atoms with Gasteiger partial charge in [-0.1, -0.05) is 30.3 Å². The molecule has 0 spiro atoms. The molecule has 0 aliphatic rings. The summed E-state index contributed by atoms with van der Waals surface area (Å²) in [5, 5.41) is 15.0. The van der Waals surface area contributed by atoms with E-state index in [1.54, 1.807) is 45.0 Å². The van der Waals surface area contributed by atoms with Crippen molar-refractivity contribution in [2.45, 2.75) is 45.2 Å². The molecule has 1 aromatic carbocycles. The zero-order chi connectivity index (χ0) is 31.6. The van der Waals surface area contributed by atoms with Crippen LogP contribution < -0.4 is 15.4 Å². The van der Waals surface area contributed by atoms with Crippen LogP contribution in [0.25, 0.3) is 10.9 Å². The first-order valence-corrected chi connectivity index (χ1v) is 13.3. The lowest BCUT2D eigenvalue weighted by Gasteiger charge is -2.29. The molecule has 2 heterocycles. The molecule has 0 radical (unpaired) electrons. The van der Waals surface area contributed by atoms with Gasteiger partial charge in [-0.2, -0.15) is 13.2 Å². The third-order valence-electron chi connectivity index (χ3n) is 5.64. The molecular formula is C28H34F3N5O7. The molecule has 4 N–H and O–H groups in total. The van der Waals surface area contributed by atoms with Crippen molar-refractivity contribution in [1.29, 1.82) is 0 Å². The number of halogens is 3. The molecule has 43 heavy (non-hydrogen) atoms. The number of hydrogen-bond donors (Lipinski definition) is 4. The lowest BCUT2D eigenvalue weighted by molar-refractivity contribution is -0.153. The summed E-state index contributed by atoms with van der Waals surface area (Å²) in [5.74, 6) is -0.962. The summed E-state index contributed by atoms with van der Waals surface area (Å²) in [6, 6.07) is 10.8. The number of ether oxygens (including phenoxy) is 3. The molecule has 234 valence electrons. The van der Waals surface area contributed by atoms with Crippen molar-refractivity contribution in [3.63, 3.8) is 0 Å². The second-order valence-corrected chi connectivity index (χ2v) is 10.4. The van der Waals surface area contributed by atoms with E-state index in [1.165, 1.54) is 23.2 Å². The van der Waals surface area contributed by atoms with Crippen molar-refractivity contribution in [3.05, 3.63) is 59.9 Å². The number of benzene rings is 1. The maximum atomic E-state index is 13.5. The van der Waals surface area contributed by atoms with Crippen LogP contribution in [0.4, 0.5) is 22.8 Å². The van der Waals surface area contributed by atoms with E-state index in [0.717, 1.165) is 5.56 Å². The molecule has 0 aliphatic heterocycles. The van der Waals surface area contributed by atoms with Crippen molar-refractivity contribution in [2.24, 2.45) is 0 Å². The number of alkyl carbamates (subject to hydrolysis) is 2. The number of aromatic amines is 1. The summed E-state index contributed by atoms with van der Waals surface area (Å²) in [6.45, 7) is 2.46. The van der Waals surface area contributed by atoms with Gasteiger partial charge in [-0.25, -0.2) is 14.6 Å². The third kappa shape index (κ3) is 11.0. The topological polar surface area (TPSA) is 155 Å². The van der Waals surface area contributed by atoms with Crippen molar-refractivity contribution < 1.29 is 46.9 Å². The average molecular weight is 610 g/mol. The van der Waals surface area contributed by atoms with E-state index in [0.29, 0.717) is 5.52 Å². The Morgan fingerprint density at radius 2 is 1.81 bits per heavy atom. The Kier molecular flexibility index (Phi) is 11.2. The predicted molar refractivity (Wildman–Crippen MR) is 148 cm³/mol. The zero-order valence-electron chi connectivity index (χ0n) is 23.9. The van der Waals surface area contributed by atoms with Gasteiger partial charge in [0.25, 0.3) is 5.91 Å². The van der Waals surface area contributed by atoms with E-state index in [4.69, 9.17) is 14.2 Å². The summed E-state index contributed by atoms with van der Waals surface area (Å²) < 4.78 is 53.4. The fraction of sp³-hybridized carbons (Fsp3) is 0.429. The fourth-order valence-corrected chi connectivity index (χ4v) is 3.86. The first-order valence-electron chi connectivity index (χ1n) is 13.3. The van der Waals surface area contributed by atoms with Gasteiger partial charge in [-0.3, -0.25) is 4.79 Å². The number of pyridine rings is 1.